The van der Waals surface area contributed by atoms with Crippen molar-refractivity contribution in [1.29, 1.82) is 0 Å². The van der Waals surface area contributed by atoms with Crippen molar-refractivity contribution in [3.8, 4) is 0 Å². The summed E-state index contributed by atoms with van der Waals surface area (Å²) < 4.78 is 0. The van der Waals surface area contributed by atoms with E-state index in [9.17, 15) is 14.9 Å². The van der Waals surface area contributed by atoms with Gasteiger partial charge in [0.15, 0.2) is 0 Å². The van der Waals surface area contributed by atoms with Crippen LogP contribution in [0.5, 0.6) is 0 Å². The summed E-state index contributed by atoms with van der Waals surface area (Å²) in [4.78, 5) is 22.6. The van der Waals surface area contributed by atoms with Crippen LogP contribution in [0.3, 0.4) is 0 Å². The Hall–Kier alpha value is -1.82. The Morgan fingerprint density at radius 1 is 1.48 bits per heavy atom. The van der Waals surface area contributed by atoms with E-state index in [0.717, 1.165) is 12.8 Å². The number of benzene rings is 1. The average Bonchev–Trinajstić information content (AvgIpc) is 2.41. The first-order chi connectivity index (χ1) is 9.86. The van der Waals surface area contributed by atoms with E-state index >= 15 is 0 Å². The quantitative estimate of drug-likeness (QED) is 0.646. The van der Waals surface area contributed by atoms with E-state index < -0.39 is 4.92 Å². The molecule has 1 amide bonds. The van der Waals surface area contributed by atoms with E-state index in [0.29, 0.717) is 6.54 Å². The normalized spacial score (nSPS) is 16.0. The van der Waals surface area contributed by atoms with Gasteiger partial charge >= 0.3 is 0 Å². The molecule has 2 rings (SSSR count). The Labute approximate surface area is 128 Å². The molecule has 21 heavy (non-hydrogen) atoms. The number of nitro benzene ring substituents is 1. The molecule has 1 fully saturated rings. The molecule has 0 aliphatic heterocycles. The van der Waals surface area contributed by atoms with Crippen LogP contribution in [-0.2, 0) is 0 Å². The molecule has 0 spiro atoms. The van der Waals surface area contributed by atoms with Crippen molar-refractivity contribution in [1.82, 2.24) is 5.32 Å². The molecule has 0 radical (unpaired) electrons. The van der Waals surface area contributed by atoms with Crippen LogP contribution in [0.1, 0.15) is 36.5 Å². The molecule has 0 atom stereocenters. The highest BCUT2D eigenvalue weighted by Crippen LogP contribution is 2.39. The second-order valence-electron chi connectivity index (χ2n) is 5.71. The molecule has 0 bridgehead atoms. The largest absolute Gasteiger partial charge is 0.381 e. The monoisotopic (exact) mass is 311 g/mol. The Kier molecular flexibility index (Phi) is 4.37. The van der Waals surface area contributed by atoms with Gasteiger partial charge in [0.2, 0.25) is 0 Å². The van der Waals surface area contributed by atoms with Gasteiger partial charge in [-0.1, -0.05) is 24.9 Å². The average molecular weight is 312 g/mol. The SMILES string of the molecule is CNc1c(Cl)cc(C(=O)NCC2(C)CCC2)cc1[N+](=O)[O-]. The third kappa shape index (κ3) is 3.26. The Morgan fingerprint density at radius 2 is 2.14 bits per heavy atom. The molecule has 2 N–H and O–H groups in total. The molecule has 6 nitrogen and oxygen atoms in total. The zero-order chi connectivity index (χ0) is 15.6. The number of carbonyl (C=O) groups is 1. The first-order valence-electron chi connectivity index (χ1n) is 6.80. The number of amides is 1. The topological polar surface area (TPSA) is 84.3 Å². The van der Waals surface area contributed by atoms with Crippen molar-refractivity contribution < 1.29 is 9.72 Å². The standard InChI is InChI=1S/C14H18ClN3O3/c1-14(4-3-5-14)8-17-13(19)9-6-10(15)12(16-2)11(7-9)18(20)21/h6-7,16H,3-5,8H2,1-2H3,(H,17,19). The van der Waals surface area contributed by atoms with Crippen molar-refractivity contribution in [3.63, 3.8) is 0 Å². The van der Waals surface area contributed by atoms with E-state index in [-0.39, 0.29) is 33.3 Å². The van der Waals surface area contributed by atoms with Gasteiger partial charge in [0, 0.05) is 25.2 Å². The molecule has 1 aliphatic rings. The molecule has 0 aromatic heterocycles. The summed E-state index contributed by atoms with van der Waals surface area (Å²) in [6.45, 7) is 2.70. The summed E-state index contributed by atoms with van der Waals surface area (Å²) in [6.07, 6.45) is 3.36. The van der Waals surface area contributed by atoms with Crippen molar-refractivity contribution in [3.05, 3.63) is 32.8 Å². The van der Waals surface area contributed by atoms with Gasteiger partial charge in [-0.05, 0) is 24.3 Å². The van der Waals surface area contributed by atoms with Crippen LogP contribution in [0, 0.1) is 15.5 Å². The lowest BCUT2D eigenvalue weighted by atomic mass is 9.70. The highest BCUT2D eigenvalue weighted by atomic mass is 35.5. The summed E-state index contributed by atoms with van der Waals surface area (Å²) >= 11 is 6.00. The first kappa shape index (κ1) is 15.6. The Morgan fingerprint density at radius 3 is 2.62 bits per heavy atom. The predicted molar refractivity (Wildman–Crippen MR) is 81.9 cm³/mol. The van der Waals surface area contributed by atoms with E-state index in [1.165, 1.54) is 18.6 Å². The molecule has 7 heteroatoms. The minimum atomic E-state index is -0.554. The lowest BCUT2D eigenvalue weighted by Crippen LogP contribution is -2.39. The Bertz CT molecular complexity index is 585. The van der Waals surface area contributed by atoms with Gasteiger partial charge in [0.1, 0.15) is 5.69 Å². The predicted octanol–water partition coefficient (Wildman–Crippen LogP) is 3.21. The maximum atomic E-state index is 12.1. The van der Waals surface area contributed by atoms with Gasteiger partial charge in [0.25, 0.3) is 11.6 Å². The number of nitro groups is 1. The zero-order valence-corrected chi connectivity index (χ0v) is 12.8. The molecule has 0 heterocycles. The highest BCUT2D eigenvalue weighted by molar-refractivity contribution is 6.34. The molecular weight excluding hydrogens is 294 g/mol. The summed E-state index contributed by atoms with van der Waals surface area (Å²) in [5, 5.41) is 16.7. The van der Waals surface area contributed by atoms with Crippen LogP contribution in [0.25, 0.3) is 0 Å². The number of rotatable bonds is 5. The van der Waals surface area contributed by atoms with Crippen molar-refractivity contribution >= 4 is 28.9 Å². The molecule has 1 aromatic rings. The van der Waals surface area contributed by atoms with Gasteiger partial charge in [-0.2, -0.15) is 0 Å². The number of nitrogens with one attached hydrogen (secondary N) is 2. The van der Waals surface area contributed by atoms with E-state index in [2.05, 4.69) is 17.6 Å². The molecular formula is C14H18ClN3O3. The van der Waals surface area contributed by atoms with Crippen LogP contribution in [0.4, 0.5) is 11.4 Å². The van der Waals surface area contributed by atoms with Gasteiger partial charge in [-0.25, -0.2) is 0 Å². The van der Waals surface area contributed by atoms with Crippen molar-refractivity contribution in [2.75, 3.05) is 18.9 Å². The highest BCUT2D eigenvalue weighted by Gasteiger charge is 2.32. The number of hydrogen-bond donors (Lipinski definition) is 2. The number of hydrogen-bond acceptors (Lipinski definition) is 4. The van der Waals surface area contributed by atoms with E-state index in [1.54, 1.807) is 7.05 Å². The molecule has 0 saturated heterocycles. The van der Waals surface area contributed by atoms with Gasteiger partial charge < -0.3 is 10.6 Å². The second kappa shape index (κ2) is 5.89. The smallest absolute Gasteiger partial charge is 0.294 e. The number of halogens is 1. The summed E-state index contributed by atoms with van der Waals surface area (Å²) in [6, 6.07) is 2.69. The number of anilines is 1. The lowest BCUT2D eigenvalue weighted by molar-refractivity contribution is -0.383. The number of nitrogens with zero attached hydrogens (tertiary/aromatic N) is 1. The minimum Gasteiger partial charge on any atom is -0.381 e. The number of carbonyl (C=O) groups excluding carboxylic acids is 1. The van der Waals surface area contributed by atoms with Crippen LogP contribution in [0.2, 0.25) is 5.02 Å². The summed E-state index contributed by atoms with van der Waals surface area (Å²) in [5.74, 6) is -0.337. The molecule has 1 aromatic carbocycles. The molecule has 1 aliphatic carbocycles. The Balaban J connectivity index is 2.19. The van der Waals surface area contributed by atoms with Crippen LogP contribution in [-0.4, -0.2) is 24.4 Å². The van der Waals surface area contributed by atoms with E-state index in [4.69, 9.17) is 11.6 Å². The molecule has 1 saturated carbocycles. The first-order valence-corrected chi connectivity index (χ1v) is 7.18. The summed E-state index contributed by atoms with van der Waals surface area (Å²) in [7, 11) is 1.55. The lowest BCUT2D eigenvalue weighted by Gasteiger charge is -2.38. The second-order valence-corrected chi connectivity index (χ2v) is 6.11. The van der Waals surface area contributed by atoms with Crippen molar-refractivity contribution in [2.45, 2.75) is 26.2 Å². The van der Waals surface area contributed by atoms with Gasteiger partial charge in [-0.15, -0.1) is 0 Å². The fourth-order valence-electron chi connectivity index (χ4n) is 2.47. The van der Waals surface area contributed by atoms with E-state index in [1.807, 2.05) is 0 Å². The minimum absolute atomic E-state index is 0.149. The fraction of sp³-hybridized carbons (Fsp3) is 0.500. The molecule has 114 valence electrons. The zero-order valence-electron chi connectivity index (χ0n) is 12.0. The van der Waals surface area contributed by atoms with Gasteiger partial charge in [0.05, 0.1) is 9.95 Å². The van der Waals surface area contributed by atoms with Crippen molar-refractivity contribution in [2.24, 2.45) is 5.41 Å². The van der Waals surface area contributed by atoms with Crippen LogP contribution in [0.15, 0.2) is 12.1 Å². The fourth-order valence-corrected chi connectivity index (χ4v) is 2.78. The summed E-state index contributed by atoms with van der Waals surface area (Å²) in [5.41, 5.74) is 0.360. The third-order valence-corrected chi connectivity index (χ3v) is 4.31. The third-order valence-electron chi connectivity index (χ3n) is 4.01. The maximum absolute atomic E-state index is 12.1. The van der Waals surface area contributed by atoms with Crippen LogP contribution < -0.4 is 10.6 Å². The van der Waals surface area contributed by atoms with Crippen LogP contribution >= 0.6 is 11.6 Å². The molecule has 0 unspecified atom stereocenters. The maximum Gasteiger partial charge on any atom is 0.294 e. The van der Waals surface area contributed by atoms with Gasteiger partial charge in [-0.3, -0.25) is 14.9 Å².